The summed E-state index contributed by atoms with van der Waals surface area (Å²) in [6, 6.07) is 0. The zero-order chi connectivity index (χ0) is 9.35. The number of aromatic amines is 1. The number of aromatic nitrogens is 3. The molecule has 0 aliphatic carbocycles. The lowest BCUT2D eigenvalue weighted by molar-refractivity contribution is 0.0154. The molecular weight excluding hydrogens is 130 g/mol. The van der Waals surface area contributed by atoms with Crippen molar-refractivity contribution >= 4 is 0 Å². The number of methoxy groups -OCH3 is 1. The summed E-state index contributed by atoms with van der Waals surface area (Å²) < 4.78 is 19.6. The van der Waals surface area contributed by atoms with E-state index in [4.69, 9.17) is 7.52 Å². The Morgan fingerprint density at radius 2 is 2.60 bits per heavy atom. The molecule has 4 heteroatoms. The maximum Gasteiger partial charge on any atom is 0.191 e. The Bertz CT molecular complexity index is 284. The van der Waals surface area contributed by atoms with Crippen molar-refractivity contribution in [3.05, 3.63) is 11.9 Å². The Labute approximate surface area is 62.5 Å². The summed E-state index contributed by atoms with van der Waals surface area (Å²) in [6.45, 7) is 3.55. The van der Waals surface area contributed by atoms with Gasteiger partial charge in [0.15, 0.2) is 1.41 Å². The molecule has 1 heterocycles. The fourth-order valence-electron chi connectivity index (χ4n) is 0.511. The molecule has 0 unspecified atom stereocenters. The van der Waals surface area contributed by atoms with Crippen molar-refractivity contribution in [1.29, 1.82) is 0 Å². The molecule has 0 aromatic carbocycles. The van der Waals surface area contributed by atoms with E-state index in [1.165, 1.54) is 7.11 Å². The standard InChI is InChI=1S/C6H11N3O/c1-6(2,10-3)5-4-7-9-8-5/h4H,1-3H3,(H,7,8,9)/i4D/hD. The first-order valence-electron chi connectivity index (χ1n) is 3.91. The van der Waals surface area contributed by atoms with Crippen LogP contribution in [0.1, 0.15) is 20.9 Å². The molecule has 1 N–H and O–H groups in total. The van der Waals surface area contributed by atoms with E-state index in [0.29, 0.717) is 10.8 Å². The molecule has 0 aliphatic heterocycles. The minimum absolute atomic E-state index is 0.0400. The van der Waals surface area contributed by atoms with E-state index in [1.54, 1.807) is 13.8 Å². The molecule has 0 aliphatic rings. The number of ether oxygens (including phenoxy) is 1. The minimum Gasteiger partial charge on any atom is -0.372 e. The van der Waals surface area contributed by atoms with Gasteiger partial charge in [0, 0.05) is 13.3 Å². The Morgan fingerprint density at radius 3 is 3.00 bits per heavy atom. The van der Waals surface area contributed by atoms with Crippen molar-refractivity contribution in [2.24, 2.45) is 0 Å². The molecule has 0 amide bonds. The highest BCUT2D eigenvalue weighted by Crippen LogP contribution is 2.19. The Morgan fingerprint density at radius 1 is 1.90 bits per heavy atom. The second-order valence-electron chi connectivity index (χ2n) is 2.46. The predicted octanol–water partition coefficient (Wildman–Crippen LogP) is 0.686. The van der Waals surface area contributed by atoms with Crippen molar-refractivity contribution in [3.8, 4) is 0 Å². The molecule has 4 nitrogen and oxygen atoms in total. The van der Waals surface area contributed by atoms with Gasteiger partial charge in [0.2, 0.25) is 0 Å². The van der Waals surface area contributed by atoms with E-state index in [2.05, 4.69) is 10.3 Å². The average Bonchev–Trinajstić information content (AvgIpc) is 2.33. The molecule has 0 saturated heterocycles. The summed E-state index contributed by atoms with van der Waals surface area (Å²) in [5.74, 6) is 0. The second-order valence-corrected chi connectivity index (χ2v) is 2.46. The third kappa shape index (κ3) is 1.16. The van der Waals surface area contributed by atoms with Crippen molar-refractivity contribution in [1.82, 2.24) is 15.4 Å². The van der Waals surface area contributed by atoms with Crippen LogP contribution in [0.5, 0.6) is 0 Å². The summed E-state index contributed by atoms with van der Waals surface area (Å²) >= 11 is 0. The molecular formula is C6H11N3O. The molecule has 1 aromatic heterocycles. The summed E-state index contributed by atoms with van der Waals surface area (Å²) in [4.78, 5) is 0. The SMILES string of the molecule is [2H]c1c(C(C)(C)OC)nnn1[2H]. The van der Waals surface area contributed by atoms with Crippen molar-refractivity contribution in [3.63, 3.8) is 0 Å². The third-order valence-corrected chi connectivity index (χ3v) is 1.43. The first-order valence-corrected chi connectivity index (χ1v) is 2.96. The van der Waals surface area contributed by atoms with Crippen LogP contribution in [-0.2, 0) is 10.3 Å². The van der Waals surface area contributed by atoms with Crippen LogP contribution >= 0.6 is 0 Å². The number of H-pyrrole nitrogens is 1. The highest BCUT2D eigenvalue weighted by molar-refractivity contribution is 5.02. The smallest absolute Gasteiger partial charge is 0.191 e. The number of nitrogens with zero attached hydrogens (tertiary/aromatic N) is 2. The van der Waals surface area contributed by atoms with E-state index >= 15 is 0 Å². The van der Waals surface area contributed by atoms with Gasteiger partial charge in [-0.2, -0.15) is 0 Å². The van der Waals surface area contributed by atoms with Crippen molar-refractivity contribution < 1.29 is 7.52 Å². The van der Waals surface area contributed by atoms with Gasteiger partial charge in [-0.25, -0.2) is 0 Å². The van der Waals surface area contributed by atoms with Crippen LogP contribution in [0, 0.1) is 0 Å². The van der Waals surface area contributed by atoms with E-state index < -0.39 is 5.60 Å². The van der Waals surface area contributed by atoms with Crippen LogP contribution in [0.15, 0.2) is 6.17 Å². The van der Waals surface area contributed by atoms with Crippen LogP contribution in [0.3, 0.4) is 0 Å². The second kappa shape index (κ2) is 2.38. The van der Waals surface area contributed by atoms with Gasteiger partial charge in [0.25, 0.3) is 0 Å². The summed E-state index contributed by atoms with van der Waals surface area (Å²) in [6.07, 6.45) is -0.0400. The first-order chi connectivity index (χ1) is 5.49. The Balaban J connectivity index is 3.11. The quantitative estimate of drug-likeness (QED) is 0.662. The number of nitrogens with one attached hydrogen (secondary N) is 1. The topological polar surface area (TPSA) is 50.8 Å². The number of rotatable bonds is 2. The lowest BCUT2D eigenvalue weighted by Gasteiger charge is -2.18. The molecule has 10 heavy (non-hydrogen) atoms. The van der Waals surface area contributed by atoms with Gasteiger partial charge in [0.05, 0.1) is 1.37 Å². The van der Waals surface area contributed by atoms with E-state index in [0.717, 1.165) is 0 Å². The van der Waals surface area contributed by atoms with Gasteiger partial charge in [-0.1, -0.05) is 5.21 Å². The molecule has 0 spiro atoms. The highest BCUT2D eigenvalue weighted by atomic mass is 16.5. The van der Waals surface area contributed by atoms with Gasteiger partial charge in [-0.15, -0.1) is 5.10 Å². The van der Waals surface area contributed by atoms with Crippen LogP contribution in [-0.4, -0.2) is 22.5 Å². The normalized spacial score (nSPS) is 14.7. The van der Waals surface area contributed by atoms with Gasteiger partial charge in [-0.3, -0.25) is 5.09 Å². The first kappa shape index (κ1) is 4.85. The van der Waals surface area contributed by atoms with Gasteiger partial charge < -0.3 is 4.74 Å². The Kier molecular flexibility index (Phi) is 1.15. The lowest BCUT2D eigenvalue weighted by Crippen LogP contribution is -2.19. The monoisotopic (exact) mass is 143 g/mol. The molecule has 0 fully saturated rings. The predicted molar refractivity (Wildman–Crippen MR) is 36.4 cm³/mol. The summed E-state index contributed by atoms with van der Waals surface area (Å²) in [7, 11) is 1.53. The van der Waals surface area contributed by atoms with Gasteiger partial charge in [0.1, 0.15) is 11.3 Å². The van der Waals surface area contributed by atoms with Gasteiger partial charge in [-0.05, 0) is 13.8 Å². The van der Waals surface area contributed by atoms with Crippen LogP contribution < -0.4 is 0 Å². The minimum atomic E-state index is -0.656. The zero-order valence-electron chi connectivity index (χ0n) is 8.25. The third-order valence-electron chi connectivity index (χ3n) is 1.43. The lowest BCUT2D eigenvalue weighted by atomic mass is 10.1. The summed E-state index contributed by atoms with van der Waals surface area (Å²) in [5.41, 5.74) is -0.281. The van der Waals surface area contributed by atoms with Crippen molar-refractivity contribution in [2.75, 3.05) is 7.11 Å². The molecule has 56 valence electrons. The van der Waals surface area contributed by atoms with Crippen LogP contribution in [0.25, 0.3) is 0 Å². The van der Waals surface area contributed by atoms with Crippen molar-refractivity contribution in [2.45, 2.75) is 19.4 Å². The fourth-order valence-corrected chi connectivity index (χ4v) is 0.511. The fraction of sp³-hybridized carbons (Fsp3) is 0.667. The van der Waals surface area contributed by atoms with Gasteiger partial charge >= 0.3 is 0 Å². The highest BCUT2D eigenvalue weighted by Gasteiger charge is 2.21. The number of hydrogen-bond donors (Lipinski definition) is 1. The maximum absolute atomic E-state index is 7.40. The molecule has 0 saturated carbocycles. The maximum atomic E-state index is 7.40. The molecule has 1 aromatic rings. The largest absolute Gasteiger partial charge is 0.372 e. The van der Waals surface area contributed by atoms with Crippen LogP contribution in [0.4, 0.5) is 0 Å². The average molecular weight is 143 g/mol. The summed E-state index contributed by atoms with van der Waals surface area (Å²) in [5, 5.41) is 7.73. The van der Waals surface area contributed by atoms with E-state index in [-0.39, 0.29) is 6.17 Å². The zero-order valence-corrected chi connectivity index (χ0v) is 6.25. The molecule has 0 radical (unpaired) electrons. The molecule has 0 atom stereocenters. The van der Waals surface area contributed by atoms with Crippen LogP contribution in [0.2, 0.25) is 1.41 Å². The van der Waals surface area contributed by atoms with E-state index in [1.807, 2.05) is 0 Å². The molecule has 1 rings (SSSR count). The van der Waals surface area contributed by atoms with E-state index in [9.17, 15) is 0 Å². The molecule has 0 bridgehead atoms. The number of hydrogen-bond acceptors (Lipinski definition) is 3. The Hall–Kier alpha value is -0.900.